The second-order valence-corrected chi connectivity index (χ2v) is 9.02. The van der Waals surface area contributed by atoms with Crippen LogP contribution in [0.4, 0.5) is 9.39 Å². The van der Waals surface area contributed by atoms with Crippen molar-refractivity contribution in [3.05, 3.63) is 66.0 Å². The smallest absolute Gasteiger partial charge is 0.243 e. The highest BCUT2D eigenvalue weighted by molar-refractivity contribution is 7.11. The van der Waals surface area contributed by atoms with E-state index in [1.54, 1.807) is 12.1 Å². The fourth-order valence-electron chi connectivity index (χ4n) is 4.24. The lowest BCUT2D eigenvalue weighted by Gasteiger charge is -2.47. The summed E-state index contributed by atoms with van der Waals surface area (Å²) in [5.74, 6) is -0.696. The van der Waals surface area contributed by atoms with Gasteiger partial charge in [-0.15, -0.1) is 0 Å². The van der Waals surface area contributed by atoms with E-state index in [-0.39, 0.29) is 39.8 Å². The van der Waals surface area contributed by atoms with Gasteiger partial charge in [0.1, 0.15) is 16.3 Å². The summed E-state index contributed by atoms with van der Waals surface area (Å²) >= 11 is 7.82. The third-order valence-electron chi connectivity index (χ3n) is 6.00. The van der Waals surface area contributed by atoms with Gasteiger partial charge in [0.2, 0.25) is 5.91 Å². The van der Waals surface area contributed by atoms with Crippen molar-refractivity contribution in [2.45, 2.75) is 19.0 Å². The number of carbonyl (C=O) groups is 1. The van der Waals surface area contributed by atoms with E-state index in [0.29, 0.717) is 17.5 Å². The van der Waals surface area contributed by atoms with Crippen molar-refractivity contribution in [1.82, 2.24) is 9.69 Å². The van der Waals surface area contributed by atoms with Gasteiger partial charge in [-0.25, -0.2) is 4.39 Å². The van der Waals surface area contributed by atoms with E-state index >= 15 is 4.39 Å². The largest absolute Gasteiger partial charge is 0.508 e. The first-order valence-electron chi connectivity index (χ1n) is 10.1. The summed E-state index contributed by atoms with van der Waals surface area (Å²) in [6, 6.07) is 12.4. The number of fused-ring (bicyclic) bond motifs is 2. The minimum atomic E-state index is -0.518. The zero-order valence-corrected chi connectivity index (χ0v) is 18.7. The quantitative estimate of drug-likeness (QED) is 0.389. The minimum Gasteiger partial charge on any atom is -0.508 e. The Morgan fingerprint density at radius 2 is 2.12 bits per heavy atom. The lowest BCUT2D eigenvalue weighted by molar-refractivity contribution is -0.117. The molecule has 32 heavy (non-hydrogen) atoms. The van der Waals surface area contributed by atoms with Crippen molar-refractivity contribution in [2.24, 2.45) is 0 Å². The Morgan fingerprint density at radius 3 is 2.88 bits per heavy atom. The number of phenolic OH excluding ortho intramolecular Hbond substituents is 1. The SMILES string of the molecule is C=CC(=O)N[C@H]1CN(c2snc3c(F)c(-c4cc(O)cc5ccccc45)c(Cl)cc23)[C@@H]1C. The first-order valence-corrected chi connectivity index (χ1v) is 11.2. The predicted molar refractivity (Wildman–Crippen MR) is 128 cm³/mol. The molecule has 1 saturated heterocycles. The van der Waals surface area contributed by atoms with Gasteiger partial charge in [-0.2, -0.15) is 4.37 Å². The van der Waals surface area contributed by atoms with Crippen LogP contribution < -0.4 is 10.2 Å². The number of aromatic nitrogens is 1. The summed E-state index contributed by atoms with van der Waals surface area (Å²) in [5.41, 5.74) is 0.975. The zero-order valence-electron chi connectivity index (χ0n) is 17.1. The van der Waals surface area contributed by atoms with E-state index < -0.39 is 5.82 Å². The van der Waals surface area contributed by atoms with Crippen molar-refractivity contribution in [1.29, 1.82) is 0 Å². The molecule has 2 atom stereocenters. The molecule has 8 heteroatoms. The molecule has 1 aromatic heterocycles. The molecule has 1 aliphatic heterocycles. The molecule has 5 nitrogen and oxygen atoms in total. The summed E-state index contributed by atoms with van der Waals surface area (Å²) in [4.78, 5) is 13.7. The van der Waals surface area contributed by atoms with Crippen molar-refractivity contribution >= 4 is 55.7 Å². The van der Waals surface area contributed by atoms with Crippen LogP contribution in [0.1, 0.15) is 6.92 Å². The van der Waals surface area contributed by atoms with Crippen molar-refractivity contribution < 1.29 is 14.3 Å². The molecule has 0 spiro atoms. The van der Waals surface area contributed by atoms with Gasteiger partial charge >= 0.3 is 0 Å². The van der Waals surface area contributed by atoms with E-state index in [0.717, 1.165) is 15.8 Å². The maximum atomic E-state index is 15.8. The molecule has 0 aliphatic carbocycles. The number of anilines is 1. The number of nitrogens with zero attached hydrogens (tertiary/aromatic N) is 2. The minimum absolute atomic E-state index is 0.0177. The van der Waals surface area contributed by atoms with Gasteiger partial charge in [0.15, 0.2) is 5.82 Å². The molecule has 1 amide bonds. The lowest BCUT2D eigenvalue weighted by Crippen LogP contribution is -2.65. The van der Waals surface area contributed by atoms with Gasteiger partial charge in [-0.3, -0.25) is 4.79 Å². The number of benzene rings is 3. The lowest BCUT2D eigenvalue weighted by atomic mass is 9.95. The third-order valence-corrected chi connectivity index (χ3v) is 7.20. The summed E-state index contributed by atoms with van der Waals surface area (Å²) < 4.78 is 20.1. The number of halogens is 2. The van der Waals surface area contributed by atoms with E-state index in [2.05, 4.69) is 21.2 Å². The molecule has 1 fully saturated rings. The second kappa shape index (κ2) is 7.76. The fraction of sp³-hybridized carbons (Fsp3) is 0.167. The molecule has 0 saturated carbocycles. The average Bonchev–Trinajstić information content (AvgIpc) is 3.18. The summed E-state index contributed by atoms with van der Waals surface area (Å²) in [5, 5.41) is 16.4. The molecule has 2 heterocycles. The van der Waals surface area contributed by atoms with Gasteiger partial charge in [-0.05, 0) is 59.1 Å². The Bertz CT molecular complexity index is 1400. The molecule has 162 valence electrons. The summed E-state index contributed by atoms with van der Waals surface area (Å²) in [6.07, 6.45) is 1.25. The van der Waals surface area contributed by atoms with E-state index in [9.17, 15) is 9.90 Å². The highest BCUT2D eigenvalue weighted by Gasteiger charge is 2.38. The standard InChI is InChI=1S/C24H19ClFN3O2S/c1-3-20(31)27-19-11-29(12(19)2)24-17-10-18(25)21(22(26)23(17)28-32-24)16-9-14(30)8-13-6-4-5-7-15(13)16/h3-10,12,19,30H,1,11H2,2H3,(H,27,31)/t12-,19+/m1/s1. The molecule has 3 aromatic carbocycles. The van der Waals surface area contributed by atoms with Crippen LogP contribution in [-0.2, 0) is 4.79 Å². The van der Waals surface area contributed by atoms with Gasteiger partial charge in [0, 0.05) is 23.5 Å². The third kappa shape index (κ3) is 3.20. The van der Waals surface area contributed by atoms with E-state index in [1.807, 2.05) is 31.2 Å². The van der Waals surface area contributed by atoms with E-state index in [1.165, 1.54) is 23.7 Å². The highest BCUT2D eigenvalue weighted by atomic mass is 35.5. The fourth-order valence-corrected chi connectivity index (χ4v) is 5.49. The number of phenols is 1. The zero-order chi connectivity index (χ0) is 22.6. The predicted octanol–water partition coefficient (Wildman–Crippen LogP) is 5.49. The number of hydrogen-bond donors (Lipinski definition) is 2. The average molecular weight is 468 g/mol. The Labute approximate surface area is 192 Å². The van der Waals surface area contributed by atoms with Crippen molar-refractivity contribution in [2.75, 3.05) is 11.4 Å². The monoisotopic (exact) mass is 467 g/mol. The Kier molecular flexibility index (Phi) is 5.03. The maximum Gasteiger partial charge on any atom is 0.243 e. The Hall–Kier alpha value is -3.16. The van der Waals surface area contributed by atoms with Crippen LogP contribution in [0, 0.1) is 5.82 Å². The Morgan fingerprint density at radius 1 is 1.34 bits per heavy atom. The van der Waals surface area contributed by atoms with E-state index in [4.69, 9.17) is 11.6 Å². The molecule has 5 rings (SSSR count). The van der Waals surface area contributed by atoms with Crippen LogP contribution >= 0.6 is 23.1 Å². The molecular weight excluding hydrogens is 449 g/mol. The topological polar surface area (TPSA) is 65.5 Å². The van der Waals surface area contributed by atoms with Gasteiger partial charge in [-0.1, -0.05) is 42.4 Å². The highest BCUT2D eigenvalue weighted by Crippen LogP contribution is 2.45. The van der Waals surface area contributed by atoms with Crippen LogP contribution in [-0.4, -0.2) is 34.0 Å². The molecule has 4 aromatic rings. The summed E-state index contributed by atoms with van der Waals surface area (Å²) in [6.45, 7) is 6.07. The van der Waals surface area contributed by atoms with Crippen LogP contribution in [0.2, 0.25) is 5.02 Å². The van der Waals surface area contributed by atoms with Crippen LogP contribution in [0.3, 0.4) is 0 Å². The van der Waals surface area contributed by atoms with Crippen LogP contribution in [0.25, 0.3) is 32.8 Å². The number of rotatable bonds is 4. The van der Waals surface area contributed by atoms with Crippen molar-refractivity contribution in [3.8, 4) is 16.9 Å². The number of aromatic hydroxyl groups is 1. The number of nitrogens with one attached hydrogen (secondary N) is 1. The molecule has 1 aliphatic rings. The number of carbonyl (C=O) groups excluding carboxylic acids is 1. The van der Waals surface area contributed by atoms with Gasteiger partial charge in [0.05, 0.1) is 11.1 Å². The molecule has 2 N–H and O–H groups in total. The van der Waals surface area contributed by atoms with Crippen LogP contribution in [0.5, 0.6) is 5.75 Å². The summed E-state index contributed by atoms with van der Waals surface area (Å²) in [7, 11) is 0. The van der Waals surface area contributed by atoms with Crippen molar-refractivity contribution in [3.63, 3.8) is 0 Å². The first kappa shape index (κ1) is 20.7. The Balaban J connectivity index is 1.59. The van der Waals surface area contributed by atoms with Crippen LogP contribution in [0.15, 0.2) is 55.1 Å². The normalized spacial score (nSPS) is 18.0. The molecule has 0 bridgehead atoms. The molecule has 0 unspecified atom stereocenters. The van der Waals surface area contributed by atoms with Gasteiger partial charge < -0.3 is 15.3 Å². The van der Waals surface area contributed by atoms with Gasteiger partial charge in [0.25, 0.3) is 0 Å². The maximum absolute atomic E-state index is 15.8. The first-order chi connectivity index (χ1) is 15.4. The second-order valence-electron chi connectivity index (χ2n) is 7.86. The molecule has 0 radical (unpaired) electrons. The number of hydrogen-bond acceptors (Lipinski definition) is 5. The molecular formula is C24H19ClFN3O2S. The number of amides is 1.